The van der Waals surface area contributed by atoms with Crippen molar-refractivity contribution in [2.24, 2.45) is 0 Å². The first-order valence-corrected chi connectivity index (χ1v) is 18.8. The first-order valence-electron chi connectivity index (χ1n) is 18.8. The Bertz CT molecular complexity index is 3220. The Morgan fingerprint density at radius 2 is 1.28 bits per heavy atom. The minimum Gasteiger partial charge on any atom is -0.448 e. The van der Waals surface area contributed by atoms with E-state index in [0.717, 1.165) is 34.0 Å². The van der Waals surface area contributed by atoms with Crippen molar-refractivity contribution in [2.45, 2.75) is 19.3 Å². The minimum absolute atomic E-state index is 0.423. The summed E-state index contributed by atoms with van der Waals surface area (Å²) >= 11 is 0. The van der Waals surface area contributed by atoms with Crippen LogP contribution in [0, 0.1) is 0 Å². The molecule has 11 rings (SSSR count). The summed E-state index contributed by atoms with van der Waals surface area (Å²) < 4.78 is 8.91. The maximum Gasteiger partial charge on any atom is 0.177 e. The molecule has 54 heavy (non-hydrogen) atoms. The van der Waals surface area contributed by atoms with Crippen LogP contribution < -0.4 is 10.6 Å². The second kappa shape index (κ2) is 12.1. The fraction of sp³-hybridized carbons (Fsp3) is 0.0577. The molecule has 0 spiro atoms. The molecule has 2 heteroatoms. The molecule has 0 bridgehead atoms. The van der Waals surface area contributed by atoms with Crippen LogP contribution in [0.25, 0.3) is 94.7 Å². The number of furan rings is 1. The lowest BCUT2D eigenvalue weighted by Gasteiger charge is -2.17. The van der Waals surface area contributed by atoms with E-state index in [1.165, 1.54) is 76.9 Å². The molecule has 0 aliphatic heterocycles. The molecule has 0 saturated heterocycles. The summed E-state index contributed by atoms with van der Waals surface area (Å²) in [6, 6.07) is 53.3. The maximum atomic E-state index is 6.42. The Kier molecular flexibility index (Phi) is 6.89. The Hall–Kier alpha value is -6.86. The molecule has 2 aromatic heterocycles. The van der Waals surface area contributed by atoms with Crippen molar-refractivity contribution in [3.63, 3.8) is 0 Å². The van der Waals surface area contributed by atoms with E-state index in [4.69, 9.17) is 4.42 Å². The predicted octanol–water partition coefficient (Wildman–Crippen LogP) is 12.4. The summed E-state index contributed by atoms with van der Waals surface area (Å²) in [5.74, 6) is 1.39. The van der Waals surface area contributed by atoms with E-state index in [2.05, 4.69) is 193 Å². The molecule has 0 saturated carbocycles. The number of rotatable bonds is 4. The van der Waals surface area contributed by atoms with Crippen LogP contribution in [0.15, 0.2) is 168 Å². The number of hydrogen-bond donors (Lipinski definition) is 0. The van der Waals surface area contributed by atoms with Crippen molar-refractivity contribution in [3.8, 4) is 27.9 Å². The molecule has 2 nitrogen and oxygen atoms in total. The molecule has 2 heterocycles. The second-order valence-electron chi connectivity index (χ2n) is 14.6. The van der Waals surface area contributed by atoms with Crippen LogP contribution in [0.1, 0.15) is 36.1 Å². The lowest BCUT2D eigenvalue weighted by molar-refractivity contribution is 0.515. The lowest BCUT2D eigenvalue weighted by atomic mass is 9.92. The molecular formula is C52H35NO. The van der Waals surface area contributed by atoms with Crippen molar-refractivity contribution < 1.29 is 4.42 Å². The van der Waals surface area contributed by atoms with E-state index < -0.39 is 0 Å². The molecule has 0 fully saturated rings. The molecule has 9 aromatic rings. The first-order chi connectivity index (χ1) is 26.7. The number of fused-ring (bicyclic) bond motifs is 8. The summed E-state index contributed by atoms with van der Waals surface area (Å²) in [4.78, 5) is 0. The smallest absolute Gasteiger partial charge is 0.177 e. The number of nitrogens with zero attached hydrogens (tertiary/aromatic N) is 1. The molecule has 254 valence electrons. The standard InChI is InChI=1S/C52H35NO/c1-33-12-10-21-49-51(33)44-19-11-17-36(32-50(44)54-49)39-25-27-48-46(31-39)43-18-8-9-20-47(43)53(48)52-42-26-24-37(34-13-4-2-5-14-34)28-41(42)29-40-23-22-38(30-45(40)52)35-15-6-3-7-16-35/h2-11,13-31,33H,12H2,1H3. The molecule has 1 atom stereocenters. The van der Waals surface area contributed by atoms with Gasteiger partial charge in [0.05, 0.1) is 16.7 Å². The minimum atomic E-state index is 0.423. The predicted molar refractivity (Wildman–Crippen MR) is 227 cm³/mol. The zero-order valence-corrected chi connectivity index (χ0v) is 29.9. The Morgan fingerprint density at radius 3 is 2.11 bits per heavy atom. The highest BCUT2D eigenvalue weighted by molar-refractivity contribution is 6.16. The van der Waals surface area contributed by atoms with Gasteiger partial charge in [-0.15, -0.1) is 0 Å². The van der Waals surface area contributed by atoms with Gasteiger partial charge in [-0.1, -0.05) is 140 Å². The highest BCUT2D eigenvalue weighted by atomic mass is 16.3. The average Bonchev–Trinajstić information content (AvgIpc) is 3.66. The van der Waals surface area contributed by atoms with Gasteiger partial charge in [-0.05, 0) is 99.5 Å². The van der Waals surface area contributed by atoms with E-state index >= 15 is 0 Å². The lowest BCUT2D eigenvalue weighted by Crippen LogP contribution is -2.23. The number of para-hydroxylation sites is 1. The van der Waals surface area contributed by atoms with Crippen molar-refractivity contribution >= 4 is 66.8 Å². The number of aromatic nitrogens is 1. The molecule has 0 radical (unpaired) electrons. The molecule has 7 aromatic carbocycles. The zero-order valence-electron chi connectivity index (χ0n) is 29.9. The van der Waals surface area contributed by atoms with Crippen molar-refractivity contribution in [3.05, 3.63) is 191 Å². The van der Waals surface area contributed by atoms with E-state index in [1.807, 2.05) is 0 Å². The van der Waals surface area contributed by atoms with Gasteiger partial charge in [-0.3, -0.25) is 0 Å². The summed E-state index contributed by atoms with van der Waals surface area (Å²) in [5, 5.41) is 8.45. The second-order valence-corrected chi connectivity index (χ2v) is 14.6. The monoisotopic (exact) mass is 689 g/mol. The SMILES string of the molecule is CC1CC=Cc2oc3c(c21)=CC=CC(c1ccc2c(c1)c1ccccc1n2-c1c2ccc(-c4ccccc4)cc2cc2ccc(-c4ccccc4)cc12)=C=3. The van der Waals surface area contributed by atoms with Crippen molar-refractivity contribution in [1.29, 1.82) is 0 Å². The molecule has 2 aliphatic carbocycles. The Morgan fingerprint density at radius 1 is 0.574 bits per heavy atom. The highest BCUT2D eigenvalue weighted by Gasteiger charge is 2.21. The zero-order chi connectivity index (χ0) is 35.8. The topological polar surface area (TPSA) is 18.1 Å². The van der Waals surface area contributed by atoms with Crippen LogP contribution in [-0.2, 0) is 0 Å². The van der Waals surface area contributed by atoms with E-state index in [9.17, 15) is 0 Å². The molecule has 0 N–H and O–H groups in total. The van der Waals surface area contributed by atoms with Gasteiger partial charge in [0.25, 0.3) is 0 Å². The fourth-order valence-corrected chi connectivity index (χ4v) is 8.78. The third-order valence-electron chi connectivity index (χ3n) is 11.4. The van der Waals surface area contributed by atoms with E-state index in [0.29, 0.717) is 5.92 Å². The highest BCUT2D eigenvalue weighted by Crippen LogP contribution is 2.41. The van der Waals surface area contributed by atoms with Gasteiger partial charge in [0, 0.05) is 37.9 Å². The molecular weight excluding hydrogens is 655 g/mol. The molecule has 2 aliphatic rings. The van der Waals surface area contributed by atoms with Crippen LogP contribution in [0.2, 0.25) is 0 Å². The van der Waals surface area contributed by atoms with Gasteiger partial charge in [0.15, 0.2) is 5.42 Å². The van der Waals surface area contributed by atoms with Crippen LogP contribution in [0.4, 0.5) is 0 Å². The van der Waals surface area contributed by atoms with Gasteiger partial charge < -0.3 is 8.98 Å². The van der Waals surface area contributed by atoms with Gasteiger partial charge in [-0.25, -0.2) is 0 Å². The first kappa shape index (κ1) is 30.7. The van der Waals surface area contributed by atoms with Crippen LogP contribution in [-0.4, -0.2) is 4.57 Å². The largest absolute Gasteiger partial charge is 0.448 e. The maximum absolute atomic E-state index is 6.42. The van der Waals surface area contributed by atoms with Crippen LogP contribution in [0.5, 0.6) is 0 Å². The average molecular weight is 690 g/mol. The van der Waals surface area contributed by atoms with Crippen LogP contribution >= 0.6 is 0 Å². The summed E-state index contributed by atoms with van der Waals surface area (Å²) in [6.45, 7) is 2.28. The third-order valence-corrected chi connectivity index (χ3v) is 11.4. The number of benzene rings is 7. The Balaban J connectivity index is 1.19. The van der Waals surface area contributed by atoms with Crippen molar-refractivity contribution in [2.75, 3.05) is 0 Å². The summed E-state index contributed by atoms with van der Waals surface area (Å²) in [7, 11) is 0. The van der Waals surface area contributed by atoms with Gasteiger partial charge in [0.1, 0.15) is 5.76 Å². The van der Waals surface area contributed by atoms with Crippen molar-refractivity contribution in [1.82, 2.24) is 4.57 Å². The third kappa shape index (κ3) is 4.82. The number of allylic oxidation sites excluding steroid dienone is 4. The quantitative estimate of drug-likeness (QED) is 0.168. The van der Waals surface area contributed by atoms with Gasteiger partial charge >= 0.3 is 0 Å². The Labute approximate surface area is 313 Å². The van der Waals surface area contributed by atoms with E-state index in [1.54, 1.807) is 0 Å². The molecule has 0 amide bonds. The van der Waals surface area contributed by atoms with E-state index in [-0.39, 0.29) is 0 Å². The summed E-state index contributed by atoms with van der Waals surface area (Å²) in [6.07, 6.45) is 11.9. The normalized spacial score (nSPS) is 14.8. The van der Waals surface area contributed by atoms with Crippen LogP contribution in [0.3, 0.4) is 0 Å². The molecule has 1 unspecified atom stereocenters. The number of hydrogen-bond acceptors (Lipinski definition) is 1. The van der Waals surface area contributed by atoms with Gasteiger partial charge in [-0.2, -0.15) is 0 Å². The summed E-state index contributed by atoms with van der Waals surface area (Å²) in [5.41, 5.74) is 16.3. The van der Waals surface area contributed by atoms with Gasteiger partial charge in [0.2, 0.25) is 0 Å². The fourth-order valence-electron chi connectivity index (χ4n) is 8.78.